The number of rotatable bonds is 2. The molecule has 0 aliphatic rings. The lowest BCUT2D eigenvalue weighted by Crippen LogP contribution is -2.24. The lowest BCUT2D eigenvalue weighted by Gasteiger charge is -2.25. The van der Waals surface area contributed by atoms with Gasteiger partial charge in [0.15, 0.2) is 0 Å². The smallest absolute Gasteiger partial charge is 0.129 e. The molecule has 94 valence electrons. The van der Waals surface area contributed by atoms with Gasteiger partial charge in [0.25, 0.3) is 0 Å². The molecule has 1 atom stereocenters. The third kappa shape index (κ3) is 2.60. The Hall–Kier alpha value is -0.850. The van der Waals surface area contributed by atoms with E-state index in [1.165, 1.54) is 6.20 Å². The minimum atomic E-state index is -1.22. The number of halogens is 2. The van der Waals surface area contributed by atoms with Crippen molar-refractivity contribution in [3.63, 3.8) is 0 Å². The highest BCUT2D eigenvalue weighted by atomic mass is 127. The number of benzene rings is 1. The van der Waals surface area contributed by atoms with E-state index < -0.39 is 5.60 Å². The summed E-state index contributed by atoms with van der Waals surface area (Å²) in [5.74, 6) is 0.281. The number of pyridine rings is 1. The highest BCUT2D eigenvalue weighted by Crippen LogP contribution is 2.33. The van der Waals surface area contributed by atoms with E-state index in [2.05, 4.69) is 27.6 Å². The van der Waals surface area contributed by atoms with Crippen molar-refractivity contribution < 1.29 is 5.11 Å². The van der Waals surface area contributed by atoms with Crippen molar-refractivity contribution in [1.82, 2.24) is 4.98 Å². The van der Waals surface area contributed by atoms with E-state index in [0.717, 1.165) is 9.13 Å². The highest BCUT2D eigenvalue weighted by molar-refractivity contribution is 14.1. The largest absolute Gasteiger partial charge is 0.383 e. The first-order valence-electron chi connectivity index (χ1n) is 5.31. The van der Waals surface area contributed by atoms with Gasteiger partial charge < -0.3 is 10.8 Å². The zero-order valence-electron chi connectivity index (χ0n) is 9.69. The van der Waals surface area contributed by atoms with Gasteiger partial charge in [0.2, 0.25) is 0 Å². The van der Waals surface area contributed by atoms with Crippen LogP contribution in [0.1, 0.15) is 18.1 Å². The minimum absolute atomic E-state index is 0.281. The average molecular weight is 375 g/mol. The molecule has 18 heavy (non-hydrogen) atoms. The SMILES string of the molecule is CC(O)(c1ccc(I)cc1)c1cc(Cl)cnc1N. The van der Waals surface area contributed by atoms with Crippen LogP contribution in [-0.2, 0) is 5.60 Å². The van der Waals surface area contributed by atoms with Crippen LogP contribution in [0.3, 0.4) is 0 Å². The number of anilines is 1. The van der Waals surface area contributed by atoms with Crippen LogP contribution in [-0.4, -0.2) is 10.1 Å². The maximum atomic E-state index is 10.7. The Morgan fingerprint density at radius 1 is 1.33 bits per heavy atom. The Morgan fingerprint density at radius 3 is 2.56 bits per heavy atom. The fourth-order valence-corrected chi connectivity index (χ4v) is 2.29. The normalized spacial score (nSPS) is 14.2. The molecule has 0 aliphatic carbocycles. The van der Waals surface area contributed by atoms with E-state index in [1.807, 2.05) is 24.3 Å². The van der Waals surface area contributed by atoms with Gasteiger partial charge in [-0.3, -0.25) is 0 Å². The average Bonchev–Trinajstić information content (AvgIpc) is 2.32. The molecular weight excluding hydrogens is 363 g/mol. The van der Waals surface area contributed by atoms with Crippen molar-refractivity contribution in [3.8, 4) is 0 Å². The predicted octanol–water partition coefficient (Wildman–Crippen LogP) is 3.18. The summed E-state index contributed by atoms with van der Waals surface area (Å²) < 4.78 is 1.10. The van der Waals surface area contributed by atoms with Crippen molar-refractivity contribution in [2.75, 3.05) is 5.73 Å². The number of nitrogen functional groups attached to an aromatic ring is 1. The third-order valence-corrected chi connectivity index (χ3v) is 3.74. The number of nitrogens with zero attached hydrogens (tertiary/aromatic N) is 1. The molecule has 0 aliphatic heterocycles. The molecule has 2 aromatic rings. The first kappa shape index (κ1) is 13.6. The summed E-state index contributed by atoms with van der Waals surface area (Å²) in [4.78, 5) is 3.97. The van der Waals surface area contributed by atoms with Crippen molar-refractivity contribution in [2.24, 2.45) is 0 Å². The summed E-state index contributed by atoms with van der Waals surface area (Å²) in [6.07, 6.45) is 1.46. The van der Waals surface area contributed by atoms with Crippen LogP contribution in [0.2, 0.25) is 5.02 Å². The molecule has 0 saturated heterocycles. The zero-order valence-corrected chi connectivity index (χ0v) is 12.6. The first-order chi connectivity index (χ1) is 8.41. The Kier molecular flexibility index (Phi) is 3.79. The number of aromatic nitrogens is 1. The molecule has 0 radical (unpaired) electrons. The second-order valence-corrected chi connectivity index (χ2v) is 5.85. The third-order valence-electron chi connectivity index (χ3n) is 2.82. The van der Waals surface area contributed by atoms with Gasteiger partial charge in [0, 0.05) is 15.3 Å². The molecule has 0 amide bonds. The topological polar surface area (TPSA) is 59.1 Å². The van der Waals surface area contributed by atoms with Gasteiger partial charge in [-0.15, -0.1) is 0 Å². The summed E-state index contributed by atoms with van der Waals surface area (Å²) in [6.45, 7) is 1.68. The molecular formula is C13H12ClIN2O. The lowest BCUT2D eigenvalue weighted by molar-refractivity contribution is 0.103. The molecule has 1 aromatic heterocycles. The molecule has 0 spiro atoms. The van der Waals surface area contributed by atoms with Gasteiger partial charge in [-0.1, -0.05) is 23.7 Å². The van der Waals surface area contributed by atoms with Crippen LogP contribution in [0, 0.1) is 3.57 Å². The molecule has 1 aromatic carbocycles. The van der Waals surface area contributed by atoms with Crippen molar-refractivity contribution >= 4 is 40.0 Å². The van der Waals surface area contributed by atoms with E-state index in [9.17, 15) is 5.11 Å². The summed E-state index contributed by atoms with van der Waals surface area (Å²) >= 11 is 8.12. The van der Waals surface area contributed by atoms with Gasteiger partial charge in [-0.2, -0.15) is 0 Å². The molecule has 3 N–H and O–H groups in total. The van der Waals surface area contributed by atoms with Crippen molar-refractivity contribution in [2.45, 2.75) is 12.5 Å². The molecule has 2 rings (SSSR count). The Labute approximate surface area is 124 Å². The van der Waals surface area contributed by atoms with E-state index in [4.69, 9.17) is 17.3 Å². The molecule has 3 nitrogen and oxygen atoms in total. The molecule has 1 unspecified atom stereocenters. The predicted molar refractivity (Wildman–Crippen MR) is 81.5 cm³/mol. The monoisotopic (exact) mass is 374 g/mol. The number of hydrogen-bond acceptors (Lipinski definition) is 3. The first-order valence-corrected chi connectivity index (χ1v) is 6.77. The quantitative estimate of drug-likeness (QED) is 0.794. The lowest BCUT2D eigenvalue weighted by atomic mass is 9.88. The Morgan fingerprint density at radius 2 is 1.94 bits per heavy atom. The van der Waals surface area contributed by atoms with Gasteiger partial charge in [0.05, 0.1) is 5.02 Å². The van der Waals surface area contributed by atoms with E-state index >= 15 is 0 Å². The fourth-order valence-electron chi connectivity index (χ4n) is 1.77. The van der Waals surface area contributed by atoms with Gasteiger partial charge in [-0.05, 0) is 53.3 Å². The molecule has 5 heteroatoms. The Balaban J connectivity index is 2.53. The van der Waals surface area contributed by atoms with Gasteiger partial charge >= 0.3 is 0 Å². The molecule has 0 saturated carbocycles. The van der Waals surface area contributed by atoms with Crippen LogP contribution >= 0.6 is 34.2 Å². The maximum Gasteiger partial charge on any atom is 0.129 e. The minimum Gasteiger partial charge on any atom is -0.383 e. The van der Waals surface area contributed by atoms with Crippen LogP contribution in [0.4, 0.5) is 5.82 Å². The van der Waals surface area contributed by atoms with Gasteiger partial charge in [-0.25, -0.2) is 4.98 Å². The maximum absolute atomic E-state index is 10.7. The number of hydrogen-bond donors (Lipinski definition) is 2. The second-order valence-electron chi connectivity index (χ2n) is 4.17. The highest BCUT2D eigenvalue weighted by Gasteiger charge is 2.28. The second kappa shape index (κ2) is 5.03. The standard InChI is InChI=1S/C13H12ClIN2O/c1-13(18,8-2-4-10(15)5-3-8)11-6-9(14)7-17-12(11)16/h2-7,18H,1H3,(H2,16,17). The van der Waals surface area contributed by atoms with Crippen LogP contribution in [0.25, 0.3) is 0 Å². The molecule has 1 heterocycles. The van der Waals surface area contributed by atoms with Crippen molar-refractivity contribution in [1.29, 1.82) is 0 Å². The molecule has 0 bridgehead atoms. The zero-order chi connectivity index (χ0) is 13.3. The number of aliphatic hydroxyl groups is 1. The van der Waals surface area contributed by atoms with Crippen LogP contribution in [0.5, 0.6) is 0 Å². The Bertz CT molecular complexity index is 570. The summed E-state index contributed by atoms with van der Waals surface area (Å²) in [6, 6.07) is 9.23. The number of nitrogens with two attached hydrogens (primary N) is 1. The van der Waals surface area contributed by atoms with E-state index in [1.54, 1.807) is 13.0 Å². The van der Waals surface area contributed by atoms with E-state index in [0.29, 0.717) is 10.6 Å². The van der Waals surface area contributed by atoms with Crippen LogP contribution < -0.4 is 5.73 Å². The summed E-state index contributed by atoms with van der Waals surface area (Å²) in [5.41, 5.74) is 5.85. The van der Waals surface area contributed by atoms with E-state index in [-0.39, 0.29) is 5.82 Å². The van der Waals surface area contributed by atoms with Crippen LogP contribution in [0.15, 0.2) is 36.5 Å². The fraction of sp³-hybridized carbons (Fsp3) is 0.154. The molecule has 0 fully saturated rings. The van der Waals surface area contributed by atoms with Gasteiger partial charge in [0.1, 0.15) is 11.4 Å². The summed E-state index contributed by atoms with van der Waals surface area (Å²) in [5, 5.41) is 11.1. The van der Waals surface area contributed by atoms with Crippen molar-refractivity contribution in [3.05, 3.63) is 56.2 Å². The summed E-state index contributed by atoms with van der Waals surface area (Å²) in [7, 11) is 0.